The molecule has 1 aliphatic rings. The number of morpholine rings is 1. The van der Waals surface area contributed by atoms with Gasteiger partial charge in [0.25, 0.3) is 5.91 Å². The fourth-order valence-corrected chi connectivity index (χ4v) is 4.25. The first-order valence-corrected chi connectivity index (χ1v) is 11.2. The lowest BCUT2D eigenvalue weighted by Crippen LogP contribution is -2.48. The van der Waals surface area contributed by atoms with Crippen molar-refractivity contribution in [3.63, 3.8) is 0 Å². The SMILES string of the molecule is O=C(NO)c1ccc(CN(C(=O)N2CCOCC2)c2nc(-c3ccc(Cl)cc3)cs2)cc1. The molecule has 3 amide bonds. The lowest BCUT2D eigenvalue weighted by Gasteiger charge is -2.31. The summed E-state index contributed by atoms with van der Waals surface area (Å²) in [4.78, 5) is 33.0. The number of carbonyl (C=O) groups excluding carboxylic acids is 2. The Labute approximate surface area is 194 Å². The second-order valence-corrected chi connectivity index (χ2v) is 8.40. The van der Waals surface area contributed by atoms with Gasteiger partial charge in [-0.3, -0.25) is 14.9 Å². The van der Waals surface area contributed by atoms with Crippen LogP contribution in [0.1, 0.15) is 15.9 Å². The molecule has 2 aromatic carbocycles. The van der Waals surface area contributed by atoms with Crippen LogP contribution in [0.25, 0.3) is 11.3 Å². The number of nitrogens with zero attached hydrogens (tertiary/aromatic N) is 3. The fourth-order valence-electron chi connectivity index (χ4n) is 3.29. The third kappa shape index (κ3) is 5.08. The number of carbonyl (C=O) groups is 2. The second-order valence-electron chi connectivity index (χ2n) is 7.13. The van der Waals surface area contributed by atoms with Gasteiger partial charge in [-0.25, -0.2) is 15.3 Å². The van der Waals surface area contributed by atoms with Gasteiger partial charge in [0, 0.05) is 34.6 Å². The zero-order chi connectivity index (χ0) is 22.5. The number of hydrogen-bond donors (Lipinski definition) is 2. The van der Waals surface area contributed by atoms with Crippen LogP contribution >= 0.6 is 22.9 Å². The molecule has 1 fully saturated rings. The molecule has 1 aromatic heterocycles. The van der Waals surface area contributed by atoms with E-state index in [1.54, 1.807) is 51.7 Å². The Morgan fingerprint density at radius 2 is 1.81 bits per heavy atom. The number of halogens is 1. The molecule has 166 valence electrons. The molecule has 2 heterocycles. The summed E-state index contributed by atoms with van der Waals surface area (Å²) in [5.41, 5.74) is 4.43. The number of hydroxylamine groups is 1. The Hall–Kier alpha value is -2.98. The minimum Gasteiger partial charge on any atom is -0.378 e. The van der Waals surface area contributed by atoms with Crippen molar-refractivity contribution in [3.05, 3.63) is 70.1 Å². The molecule has 32 heavy (non-hydrogen) atoms. The minimum atomic E-state index is -0.592. The van der Waals surface area contributed by atoms with E-state index in [-0.39, 0.29) is 12.6 Å². The van der Waals surface area contributed by atoms with Gasteiger partial charge in [0.1, 0.15) is 0 Å². The largest absolute Gasteiger partial charge is 0.378 e. The first-order valence-electron chi connectivity index (χ1n) is 9.94. The molecule has 1 aliphatic heterocycles. The quantitative estimate of drug-likeness (QED) is 0.431. The van der Waals surface area contributed by atoms with Crippen LogP contribution in [0.5, 0.6) is 0 Å². The lowest BCUT2D eigenvalue weighted by atomic mass is 10.1. The summed E-state index contributed by atoms with van der Waals surface area (Å²) < 4.78 is 5.38. The molecule has 0 spiro atoms. The van der Waals surface area contributed by atoms with Gasteiger partial charge in [-0.15, -0.1) is 11.3 Å². The molecule has 0 atom stereocenters. The van der Waals surface area contributed by atoms with E-state index in [0.29, 0.717) is 42.0 Å². The normalized spacial score (nSPS) is 13.6. The summed E-state index contributed by atoms with van der Waals surface area (Å²) in [5, 5.41) is 11.9. The lowest BCUT2D eigenvalue weighted by molar-refractivity contribution is 0.0548. The van der Waals surface area contributed by atoms with E-state index in [4.69, 9.17) is 26.5 Å². The molecule has 10 heteroatoms. The Kier molecular flexibility index (Phi) is 7.01. The molecule has 0 unspecified atom stereocenters. The van der Waals surface area contributed by atoms with Gasteiger partial charge in [0.2, 0.25) is 0 Å². The average molecular weight is 473 g/mol. The molecule has 1 saturated heterocycles. The third-order valence-electron chi connectivity index (χ3n) is 5.03. The second kappa shape index (κ2) is 10.1. The van der Waals surface area contributed by atoms with Gasteiger partial charge in [0.15, 0.2) is 5.13 Å². The van der Waals surface area contributed by atoms with Crippen molar-refractivity contribution < 1.29 is 19.5 Å². The Morgan fingerprint density at radius 3 is 2.47 bits per heavy atom. The van der Waals surface area contributed by atoms with Crippen LogP contribution in [0.15, 0.2) is 53.9 Å². The van der Waals surface area contributed by atoms with Crippen molar-refractivity contribution >= 4 is 40.0 Å². The predicted octanol–water partition coefficient (Wildman–Crippen LogP) is 4.04. The summed E-state index contributed by atoms with van der Waals surface area (Å²) in [6.45, 7) is 2.31. The maximum atomic E-state index is 13.4. The number of rotatable bonds is 5. The molecule has 0 bridgehead atoms. The van der Waals surface area contributed by atoms with E-state index < -0.39 is 5.91 Å². The van der Waals surface area contributed by atoms with Gasteiger partial charge in [-0.05, 0) is 29.8 Å². The van der Waals surface area contributed by atoms with Crippen molar-refractivity contribution in [1.82, 2.24) is 15.4 Å². The number of ether oxygens (including phenoxy) is 1. The first-order chi connectivity index (χ1) is 15.5. The highest BCUT2D eigenvalue weighted by Gasteiger charge is 2.26. The number of anilines is 1. The maximum absolute atomic E-state index is 13.4. The van der Waals surface area contributed by atoms with Crippen molar-refractivity contribution in [3.8, 4) is 11.3 Å². The van der Waals surface area contributed by atoms with Crippen LogP contribution in [0, 0.1) is 0 Å². The van der Waals surface area contributed by atoms with E-state index in [0.717, 1.165) is 16.8 Å². The summed E-state index contributed by atoms with van der Waals surface area (Å²) in [7, 11) is 0. The molecule has 4 rings (SSSR count). The number of nitrogens with one attached hydrogen (secondary N) is 1. The fraction of sp³-hybridized carbons (Fsp3) is 0.227. The predicted molar refractivity (Wildman–Crippen MR) is 122 cm³/mol. The monoisotopic (exact) mass is 472 g/mol. The van der Waals surface area contributed by atoms with E-state index in [9.17, 15) is 9.59 Å². The number of hydrogen-bond acceptors (Lipinski definition) is 6. The zero-order valence-corrected chi connectivity index (χ0v) is 18.6. The third-order valence-corrected chi connectivity index (χ3v) is 6.15. The van der Waals surface area contributed by atoms with E-state index in [2.05, 4.69) is 0 Å². The smallest absolute Gasteiger partial charge is 0.326 e. The van der Waals surface area contributed by atoms with Gasteiger partial charge < -0.3 is 9.64 Å². The highest BCUT2D eigenvalue weighted by molar-refractivity contribution is 7.14. The topological polar surface area (TPSA) is 95.0 Å². The van der Waals surface area contributed by atoms with Crippen molar-refractivity contribution in [1.29, 1.82) is 0 Å². The average Bonchev–Trinajstić information content (AvgIpc) is 3.33. The van der Waals surface area contributed by atoms with Crippen molar-refractivity contribution in [2.24, 2.45) is 0 Å². The van der Waals surface area contributed by atoms with Gasteiger partial charge >= 0.3 is 6.03 Å². The zero-order valence-electron chi connectivity index (χ0n) is 17.0. The summed E-state index contributed by atoms with van der Waals surface area (Å²) in [6, 6.07) is 13.9. The maximum Gasteiger partial charge on any atom is 0.326 e. The summed E-state index contributed by atoms with van der Waals surface area (Å²) in [6.07, 6.45) is 0. The van der Waals surface area contributed by atoms with E-state index in [1.165, 1.54) is 11.3 Å². The van der Waals surface area contributed by atoms with Crippen LogP contribution in [-0.2, 0) is 11.3 Å². The highest BCUT2D eigenvalue weighted by Crippen LogP contribution is 2.30. The molecular formula is C22H21ClN4O4S. The number of benzene rings is 2. The number of aromatic nitrogens is 1. The molecule has 0 saturated carbocycles. The van der Waals surface area contributed by atoms with Gasteiger partial charge in [-0.1, -0.05) is 35.9 Å². The van der Waals surface area contributed by atoms with Crippen LogP contribution in [0.4, 0.5) is 9.93 Å². The van der Waals surface area contributed by atoms with Crippen molar-refractivity contribution in [2.45, 2.75) is 6.54 Å². The van der Waals surface area contributed by atoms with Gasteiger partial charge in [0.05, 0.1) is 25.5 Å². The van der Waals surface area contributed by atoms with Crippen LogP contribution in [0.2, 0.25) is 5.02 Å². The van der Waals surface area contributed by atoms with Crippen LogP contribution in [0.3, 0.4) is 0 Å². The van der Waals surface area contributed by atoms with E-state index in [1.807, 2.05) is 17.5 Å². The molecule has 0 radical (unpaired) electrons. The Morgan fingerprint density at radius 1 is 1.12 bits per heavy atom. The molecule has 0 aliphatic carbocycles. The van der Waals surface area contributed by atoms with E-state index >= 15 is 0 Å². The molecule has 8 nitrogen and oxygen atoms in total. The summed E-state index contributed by atoms with van der Waals surface area (Å²) >= 11 is 7.37. The first kappa shape index (κ1) is 22.2. The molecule has 3 aromatic rings. The number of thiazole rings is 1. The Bertz CT molecular complexity index is 1080. The highest BCUT2D eigenvalue weighted by atomic mass is 35.5. The Balaban J connectivity index is 1.61. The van der Waals surface area contributed by atoms with Crippen molar-refractivity contribution in [2.75, 3.05) is 31.2 Å². The van der Waals surface area contributed by atoms with Crippen LogP contribution in [-0.4, -0.2) is 53.3 Å². The molecular weight excluding hydrogens is 452 g/mol. The standard InChI is InChI=1S/C22H21ClN4O4S/c23-18-7-5-16(6-8-18)19-14-32-21(24-19)27(22(29)26-9-11-31-12-10-26)13-15-1-3-17(4-2-15)20(28)25-30/h1-8,14,30H,9-13H2,(H,25,28). The number of urea groups is 1. The number of amides is 3. The summed E-state index contributed by atoms with van der Waals surface area (Å²) in [5.74, 6) is -0.592. The van der Waals surface area contributed by atoms with Crippen LogP contribution < -0.4 is 10.4 Å². The minimum absolute atomic E-state index is 0.150. The molecule has 2 N–H and O–H groups in total. The van der Waals surface area contributed by atoms with Gasteiger partial charge in [-0.2, -0.15) is 0 Å².